The Hall–Kier alpha value is -1.98. The maximum atomic E-state index is 10.6. The molecule has 1 aromatic carbocycles. The third kappa shape index (κ3) is 3.01. The van der Waals surface area contributed by atoms with Gasteiger partial charge < -0.3 is 15.9 Å². The van der Waals surface area contributed by atoms with E-state index in [2.05, 4.69) is 0 Å². The Morgan fingerprint density at radius 1 is 1.13 bits per heavy atom. The van der Waals surface area contributed by atoms with Crippen molar-refractivity contribution in [2.75, 3.05) is 5.73 Å². The Morgan fingerprint density at radius 3 is 2.00 bits per heavy atom. The third-order valence-electron chi connectivity index (χ3n) is 1.83. The van der Waals surface area contributed by atoms with Gasteiger partial charge in [-0.25, -0.2) is 0 Å². The molecule has 0 aromatic heterocycles. The molecule has 5 nitrogen and oxygen atoms in total. The van der Waals surface area contributed by atoms with E-state index in [4.69, 9.17) is 15.9 Å². The SMILES string of the molecule is Nc1ccc([B]C(C(=O)O)C(=O)O)cc1. The summed E-state index contributed by atoms with van der Waals surface area (Å²) in [4.78, 5) is 21.2. The molecular formula is C9H9BNO4. The Balaban J connectivity index is 2.79. The van der Waals surface area contributed by atoms with E-state index in [1.165, 1.54) is 0 Å². The average Bonchev–Trinajstić information content (AvgIpc) is 2.15. The Bertz CT molecular complexity index is 362. The van der Waals surface area contributed by atoms with Gasteiger partial charge in [-0.1, -0.05) is 17.6 Å². The highest BCUT2D eigenvalue weighted by Crippen LogP contribution is 2.04. The minimum Gasteiger partial charge on any atom is -0.481 e. The summed E-state index contributed by atoms with van der Waals surface area (Å²) in [6.45, 7) is 0. The zero-order valence-corrected chi connectivity index (χ0v) is 7.75. The number of hydrogen-bond donors (Lipinski definition) is 3. The smallest absolute Gasteiger partial charge is 0.309 e. The van der Waals surface area contributed by atoms with E-state index in [0.717, 1.165) is 7.28 Å². The van der Waals surface area contributed by atoms with Gasteiger partial charge in [-0.05, 0) is 12.1 Å². The van der Waals surface area contributed by atoms with E-state index in [1.54, 1.807) is 24.3 Å². The summed E-state index contributed by atoms with van der Waals surface area (Å²) in [5, 5.41) is 17.2. The predicted molar refractivity (Wildman–Crippen MR) is 55.3 cm³/mol. The van der Waals surface area contributed by atoms with Crippen LogP contribution in [0.4, 0.5) is 5.69 Å². The predicted octanol–water partition coefficient (Wildman–Crippen LogP) is -0.444. The molecule has 1 radical (unpaired) electrons. The van der Waals surface area contributed by atoms with Gasteiger partial charge in [0.05, 0.1) is 0 Å². The van der Waals surface area contributed by atoms with Crippen LogP contribution in [0.5, 0.6) is 0 Å². The number of carbonyl (C=O) groups is 2. The Kier molecular flexibility index (Phi) is 3.33. The summed E-state index contributed by atoms with van der Waals surface area (Å²) in [6, 6.07) is 6.28. The van der Waals surface area contributed by atoms with Crippen LogP contribution in [0.3, 0.4) is 0 Å². The highest BCUT2D eigenvalue weighted by Gasteiger charge is 2.26. The summed E-state index contributed by atoms with van der Waals surface area (Å²) >= 11 is 0. The molecule has 0 fully saturated rings. The quantitative estimate of drug-likeness (QED) is 0.352. The molecule has 0 aliphatic carbocycles. The normalized spacial score (nSPS) is 9.93. The highest BCUT2D eigenvalue weighted by atomic mass is 16.4. The lowest BCUT2D eigenvalue weighted by Gasteiger charge is -2.05. The second-order valence-corrected chi connectivity index (χ2v) is 2.99. The van der Waals surface area contributed by atoms with Crippen LogP contribution in [0.15, 0.2) is 24.3 Å². The number of anilines is 1. The van der Waals surface area contributed by atoms with Gasteiger partial charge in [0.15, 0.2) is 7.28 Å². The maximum Gasteiger partial charge on any atom is 0.309 e. The lowest BCUT2D eigenvalue weighted by atomic mass is 9.59. The summed E-state index contributed by atoms with van der Waals surface area (Å²) in [5.41, 5.74) is 6.48. The molecule has 0 atom stereocenters. The summed E-state index contributed by atoms with van der Waals surface area (Å²) in [7, 11) is 1.16. The van der Waals surface area contributed by atoms with Gasteiger partial charge in [0.1, 0.15) is 5.82 Å². The second kappa shape index (κ2) is 4.50. The summed E-state index contributed by atoms with van der Waals surface area (Å²) < 4.78 is 0. The van der Waals surface area contributed by atoms with Crippen molar-refractivity contribution in [2.45, 2.75) is 5.82 Å². The van der Waals surface area contributed by atoms with Crippen molar-refractivity contribution in [3.63, 3.8) is 0 Å². The fourth-order valence-electron chi connectivity index (χ4n) is 1.05. The van der Waals surface area contributed by atoms with Crippen LogP contribution >= 0.6 is 0 Å². The van der Waals surface area contributed by atoms with E-state index >= 15 is 0 Å². The standard InChI is InChI=1S/C9H9BNO4/c11-6-3-1-5(2-4-6)10-7(8(12)13)9(14)15/h1-4,7H,11H2,(H,12,13)(H,14,15). The molecule has 0 aliphatic rings. The van der Waals surface area contributed by atoms with E-state index in [-0.39, 0.29) is 0 Å². The number of hydrogen-bond acceptors (Lipinski definition) is 3. The molecule has 77 valence electrons. The molecule has 0 saturated carbocycles. The fourth-order valence-corrected chi connectivity index (χ4v) is 1.05. The van der Waals surface area contributed by atoms with Crippen molar-refractivity contribution >= 4 is 30.4 Å². The number of carboxylic acids is 2. The maximum absolute atomic E-state index is 10.6. The van der Waals surface area contributed by atoms with Crippen molar-refractivity contribution in [3.05, 3.63) is 24.3 Å². The van der Waals surface area contributed by atoms with Gasteiger partial charge in [0, 0.05) is 5.69 Å². The number of nitrogen functional groups attached to an aromatic ring is 1. The van der Waals surface area contributed by atoms with Crippen LogP contribution < -0.4 is 11.2 Å². The first-order valence-corrected chi connectivity index (χ1v) is 4.16. The molecule has 6 heteroatoms. The Morgan fingerprint density at radius 2 is 1.60 bits per heavy atom. The average molecular weight is 206 g/mol. The topological polar surface area (TPSA) is 101 Å². The van der Waals surface area contributed by atoms with Gasteiger partial charge in [0.2, 0.25) is 0 Å². The minimum absolute atomic E-state index is 0.513. The summed E-state index contributed by atoms with van der Waals surface area (Å²) in [6.07, 6.45) is 0. The largest absolute Gasteiger partial charge is 0.481 e. The fraction of sp³-hybridized carbons (Fsp3) is 0.111. The minimum atomic E-state index is -1.53. The molecule has 4 N–H and O–H groups in total. The van der Waals surface area contributed by atoms with Gasteiger partial charge >= 0.3 is 11.9 Å². The number of nitrogens with two attached hydrogens (primary N) is 1. The van der Waals surface area contributed by atoms with Crippen LogP contribution in [-0.4, -0.2) is 29.4 Å². The first-order chi connectivity index (χ1) is 7.00. The molecule has 0 aliphatic heterocycles. The van der Waals surface area contributed by atoms with Crippen molar-refractivity contribution < 1.29 is 19.8 Å². The van der Waals surface area contributed by atoms with Gasteiger partial charge in [-0.15, -0.1) is 0 Å². The molecule has 0 spiro atoms. The van der Waals surface area contributed by atoms with Crippen molar-refractivity contribution in [1.29, 1.82) is 0 Å². The van der Waals surface area contributed by atoms with E-state index in [1.807, 2.05) is 0 Å². The van der Waals surface area contributed by atoms with Crippen LogP contribution in [0.1, 0.15) is 0 Å². The van der Waals surface area contributed by atoms with Crippen molar-refractivity contribution in [2.24, 2.45) is 0 Å². The van der Waals surface area contributed by atoms with Crippen LogP contribution in [0, 0.1) is 0 Å². The van der Waals surface area contributed by atoms with Crippen LogP contribution in [-0.2, 0) is 9.59 Å². The zero-order valence-electron chi connectivity index (χ0n) is 7.75. The number of rotatable bonds is 4. The molecule has 0 heterocycles. The number of carboxylic acid groups (broad SMARTS) is 2. The molecule has 0 saturated heterocycles. The zero-order chi connectivity index (χ0) is 11.4. The molecule has 1 aromatic rings. The molecule has 0 bridgehead atoms. The molecule has 0 amide bonds. The lowest BCUT2D eigenvalue weighted by molar-refractivity contribution is -0.147. The summed E-state index contributed by atoms with van der Waals surface area (Å²) in [5.74, 6) is -4.31. The van der Waals surface area contributed by atoms with Crippen molar-refractivity contribution in [3.8, 4) is 0 Å². The van der Waals surface area contributed by atoms with Crippen LogP contribution in [0.25, 0.3) is 0 Å². The second-order valence-electron chi connectivity index (χ2n) is 2.99. The van der Waals surface area contributed by atoms with Crippen molar-refractivity contribution in [1.82, 2.24) is 0 Å². The van der Waals surface area contributed by atoms with E-state index in [0.29, 0.717) is 11.2 Å². The van der Waals surface area contributed by atoms with E-state index < -0.39 is 17.8 Å². The lowest BCUT2D eigenvalue weighted by Crippen LogP contribution is -2.30. The number of aliphatic carboxylic acids is 2. The first-order valence-electron chi connectivity index (χ1n) is 4.16. The highest BCUT2D eigenvalue weighted by molar-refractivity contribution is 6.63. The van der Waals surface area contributed by atoms with Gasteiger partial charge in [-0.2, -0.15) is 0 Å². The molecule has 1 rings (SSSR count). The molecular weight excluding hydrogens is 197 g/mol. The van der Waals surface area contributed by atoms with Gasteiger partial charge in [-0.3, -0.25) is 9.59 Å². The Labute approximate surface area is 86.8 Å². The molecule has 15 heavy (non-hydrogen) atoms. The van der Waals surface area contributed by atoms with Crippen LogP contribution in [0.2, 0.25) is 5.82 Å². The number of benzene rings is 1. The monoisotopic (exact) mass is 206 g/mol. The van der Waals surface area contributed by atoms with Gasteiger partial charge in [0.25, 0.3) is 0 Å². The first kappa shape index (κ1) is 11.1. The third-order valence-corrected chi connectivity index (χ3v) is 1.83. The molecule has 0 unspecified atom stereocenters. The van der Waals surface area contributed by atoms with E-state index in [9.17, 15) is 9.59 Å².